The molecule has 4 heteroatoms. The molecule has 0 aliphatic heterocycles. The quantitative estimate of drug-likeness (QED) is 0.779. The second kappa shape index (κ2) is 5.57. The first-order valence-corrected chi connectivity index (χ1v) is 7.29. The Morgan fingerprint density at radius 3 is 2.82 bits per heavy atom. The van der Waals surface area contributed by atoms with Gasteiger partial charge in [-0.1, -0.05) is 24.9 Å². The maximum absolute atomic E-state index is 12.1. The fraction of sp³-hybridized carbons (Fsp3) is 0.462. The normalized spacial score (nSPS) is 23.7. The summed E-state index contributed by atoms with van der Waals surface area (Å²) in [4.78, 5) is 12.1. The SMILES string of the molecule is CC1CCCC1C(=O)Nc1ccc(Cl)cc1I. The smallest absolute Gasteiger partial charge is 0.227 e. The first-order valence-electron chi connectivity index (χ1n) is 5.84. The lowest BCUT2D eigenvalue weighted by Gasteiger charge is -2.16. The summed E-state index contributed by atoms with van der Waals surface area (Å²) in [6, 6.07) is 5.52. The summed E-state index contributed by atoms with van der Waals surface area (Å²) in [6.45, 7) is 2.16. The molecule has 1 aliphatic rings. The molecule has 2 rings (SSSR count). The molecule has 0 heterocycles. The van der Waals surface area contributed by atoms with Crippen LogP contribution in [0.15, 0.2) is 18.2 Å². The van der Waals surface area contributed by atoms with Crippen molar-refractivity contribution < 1.29 is 4.79 Å². The second-order valence-electron chi connectivity index (χ2n) is 4.63. The van der Waals surface area contributed by atoms with Crippen molar-refractivity contribution in [3.05, 3.63) is 26.8 Å². The van der Waals surface area contributed by atoms with Crippen molar-refractivity contribution >= 4 is 45.8 Å². The van der Waals surface area contributed by atoms with Gasteiger partial charge in [-0.3, -0.25) is 4.79 Å². The van der Waals surface area contributed by atoms with Gasteiger partial charge in [-0.15, -0.1) is 0 Å². The van der Waals surface area contributed by atoms with Gasteiger partial charge in [0.2, 0.25) is 5.91 Å². The molecule has 1 aromatic carbocycles. The molecule has 1 aromatic rings. The van der Waals surface area contributed by atoms with Gasteiger partial charge < -0.3 is 5.32 Å². The number of hydrogen-bond acceptors (Lipinski definition) is 1. The van der Waals surface area contributed by atoms with E-state index in [4.69, 9.17) is 11.6 Å². The van der Waals surface area contributed by atoms with Crippen LogP contribution in [0, 0.1) is 15.4 Å². The Hall–Kier alpha value is -0.290. The Labute approximate surface area is 120 Å². The van der Waals surface area contributed by atoms with Crippen LogP contribution in [-0.4, -0.2) is 5.91 Å². The molecule has 1 fully saturated rings. The molecule has 0 bridgehead atoms. The minimum absolute atomic E-state index is 0.148. The highest BCUT2D eigenvalue weighted by atomic mass is 127. The van der Waals surface area contributed by atoms with E-state index in [-0.39, 0.29) is 11.8 Å². The molecular weight excluding hydrogens is 349 g/mol. The third-order valence-electron chi connectivity index (χ3n) is 3.39. The average Bonchev–Trinajstić information content (AvgIpc) is 2.68. The standard InChI is InChI=1S/C13H15ClINO/c1-8-3-2-4-10(8)13(17)16-12-6-5-9(14)7-11(12)15/h5-8,10H,2-4H2,1H3,(H,16,17). The second-order valence-corrected chi connectivity index (χ2v) is 6.23. The number of amides is 1. The molecule has 0 aromatic heterocycles. The molecule has 1 amide bonds. The van der Waals surface area contributed by atoms with Gasteiger partial charge in [0.25, 0.3) is 0 Å². The molecule has 2 nitrogen and oxygen atoms in total. The Morgan fingerprint density at radius 1 is 1.47 bits per heavy atom. The molecule has 0 radical (unpaired) electrons. The van der Waals surface area contributed by atoms with Gasteiger partial charge in [0.1, 0.15) is 0 Å². The zero-order valence-electron chi connectivity index (χ0n) is 9.67. The highest BCUT2D eigenvalue weighted by Gasteiger charge is 2.29. The molecule has 92 valence electrons. The van der Waals surface area contributed by atoms with Crippen LogP contribution < -0.4 is 5.32 Å². The van der Waals surface area contributed by atoms with Gasteiger partial charge in [0, 0.05) is 14.5 Å². The number of carbonyl (C=O) groups excluding carboxylic acids is 1. The van der Waals surface area contributed by atoms with Crippen molar-refractivity contribution in [2.45, 2.75) is 26.2 Å². The van der Waals surface area contributed by atoms with E-state index in [0.29, 0.717) is 10.9 Å². The molecule has 17 heavy (non-hydrogen) atoms. The molecule has 2 atom stereocenters. The topological polar surface area (TPSA) is 29.1 Å². The van der Waals surface area contributed by atoms with Crippen LogP contribution in [0.5, 0.6) is 0 Å². The lowest BCUT2D eigenvalue weighted by atomic mass is 9.97. The number of benzene rings is 1. The van der Waals surface area contributed by atoms with E-state index in [1.165, 1.54) is 0 Å². The summed E-state index contributed by atoms with van der Waals surface area (Å²) in [7, 11) is 0. The molecule has 1 saturated carbocycles. The predicted octanol–water partition coefficient (Wildman–Crippen LogP) is 4.32. The van der Waals surface area contributed by atoms with Crippen LogP contribution in [0.3, 0.4) is 0 Å². The third-order valence-corrected chi connectivity index (χ3v) is 4.51. The zero-order valence-corrected chi connectivity index (χ0v) is 12.6. The molecule has 0 spiro atoms. The van der Waals surface area contributed by atoms with Gasteiger partial charge in [-0.2, -0.15) is 0 Å². The van der Waals surface area contributed by atoms with Gasteiger partial charge in [0.05, 0.1) is 5.69 Å². The Balaban J connectivity index is 2.07. The number of nitrogens with one attached hydrogen (secondary N) is 1. The summed E-state index contributed by atoms with van der Waals surface area (Å²) in [5.41, 5.74) is 0.860. The summed E-state index contributed by atoms with van der Waals surface area (Å²) in [5.74, 6) is 0.816. The van der Waals surface area contributed by atoms with Gasteiger partial charge in [-0.05, 0) is 59.5 Å². The van der Waals surface area contributed by atoms with E-state index < -0.39 is 0 Å². The average molecular weight is 364 g/mol. The molecule has 1 N–H and O–H groups in total. The lowest BCUT2D eigenvalue weighted by Crippen LogP contribution is -2.24. The van der Waals surface area contributed by atoms with Gasteiger partial charge >= 0.3 is 0 Å². The number of rotatable bonds is 2. The highest BCUT2D eigenvalue weighted by molar-refractivity contribution is 14.1. The van der Waals surface area contributed by atoms with Crippen LogP contribution in [-0.2, 0) is 4.79 Å². The zero-order chi connectivity index (χ0) is 12.4. The molecular formula is C13H15ClINO. The number of halogens is 2. The summed E-state index contributed by atoms with van der Waals surface area (Å²) < 4.78 is 0.981. The molecule has 1 aliphatic carbocycles. The van der Waals surface area contributed by atoms with Crippen LogP contribution in [0.2, 0.25) is 5.02 Å². The van der Waals surface area contributed by atoms with Crippen LogP contribution in [0.1, 0.15) is 26.2 Å². The summed E-state index contributed by atoms with van der Waals surface area (Å²) >= 11 is 8.07. The fourth-order valence-electron chi connectivity index (χ4n) is 2.35. The maximum atomic E-state index is 12.1. The van der Waals surface area contributed by atoms with Crippen molar-refractivity contribution in [3.63, 3.8) is 0 Å². The minimum Gasteiger partial charge on any atom is -0.325 e. The van der Waals surface area contributed by atoms with E-state index in [9.17, 15) is 4.79 Å². The minimum atomic E-state index is 0.148. The first kappa shape index (κ1) is 13.1. The number of hydrogen-bond donors (Lipinski definition) is 1. The van der Waals surface area contributed by atoms with E-state index in [1.54, 1.807) is 6.07 Å². The molecule has 2 unspecified atom stereocenters. The van der Waals surface area contributed by atoms with Crippen molar-refractivity contribution in [1.82, 2.24) is 0 Å². The lowest BCUT2D eigenvalue weighted by molar-refractivity contribution is -0.120. The van der Waals surface area contributed by atoms with Crippen LogP contribution in [0.25, 0.3) is 0 Å². The van der Waals surface area contributed by atoms with E-state index in [2.05, 4.69) is 34.8 Å². The predicted molar refractivity (Wildman–Crippen MR) is 79.3 cm³/mol. The summed E-state index contributed by atoms with van der Waals surface area (Å²) in [5, 5.41) is 3.70. The third kappa shape index (κ3) is 3.13. The monoisotopic (exact) mass is 363 g/mol. The Kier molecular flexibility index (Phi) is 4.31. The van der Waals surface area contributed by atoms with Gasteiger partial charge in [-0.25, -0.2) is 0 Å². The van der Waals surface area contributed by atoms with E-state index in [0.717, 1.165) is 28.5 Å². The first-order chi connectivity index (χ1) is 8.08. The number of carbonyl (C=O) groups is 1. The fourth-order valence-corrected chi connectivity index (χ4v) is 3.36. The highest BCUT2D eigenvalue weighted by Crippen LogP contribution is 2.32. The Morgan fingerprint density at radius 2 is 2.24 bits per heavy atom. The van der Waals surface area contributed by atoms with Crippen LogP contribution in [0.4, 0.5) is 5.69 Å². The van der Waals surface area contributed by atoms with E-state index >= 15 is 0 Å². The van der Waals surface area contributed by atoms with Crippen LogP contribution >= 0.6 is 34.2 Å². The maximum Gasteiger partial charge on any atom is 0.227 e. The van der Waals surface area contributed by atoms with Crippen molar-refractivity contribution in [1.29, 1.82) is 0 Å². The molecule has 0 saturated heterocycles. The van der Waals surface area contributed by atoms with Gasteiger partial charge in [0.15, 0.2) is 0 Å². The van der Waals surface area contributed by atoms with E-state index in [1.807, 2.05) is 12.1 Å². The Bertz CT molecular complexity index is 435. The number of anilines is 1. The van der Waals surface area contributed by atoms with Crippen molar-refractivity contribution in [2.24, 2.45) is 11.8 Å². The van der Waals surface area contributed by atoms with Crippen molar-refractivity contribution in [3.8, 4) is 0 Å². The largest absolute Gasteiger partial charge is 0.325 e. The summed E-state index contributed by atoms with van der Waals surface area (Å²) in [6.07, 6.45) is 3.34. The van der Waals surface area contributed by atoms with Crippen molar-refractivity contribution in [2.75, 3.05) is 5.32 Å².